The molecule has 0 spiro atoms. The van der Waals surface area contributed by atoms with Gasteiger partial charge in [-0.05, 0) is 45.5 Å². The van der Waals surface area contributed by atoms with E-state index in [1.165, 1.54) is 0 Å². The summed E-state index contributed by atoms with van der Waals surface area (Å²) in [6.07, 6.45) is 0.793. The third kappa shape index (κ3) is 6.38. The molecule has 2 rings (SSSR count). The van der Waals surface area contributed by atoms with Crippen LogP contribution in [0.15, 0.2) is 51.6 Å². The summed E-state index contributed by atoms with van der Waals surface area (Å²) in [4.78, 5) is 24.2. The van der Waals surface area contributed by atoms with Gasteiger partial charge in [0.05, 0.1) is 12.6 Å². The zero-order chi connectivity index (χ0) is 18.4. The third-order valence-electron chi connectivity index (χ3n) is 3.56. The van der Waals surface area contributed by atoms with Crippen LogP contribution in [0, 0.1) is 5.41 Å². The van der Waals surface area contributed by atoms with Crippen LogP contribution < -0.4 is 10.6 Å². The minimum absolute atomic E-state index is 0.0531. The summed E-state index contributed by atoms with van der Waals surface area (Å²) in [5, 5.41) is 5.57. The highest BCUT2D eigenvalue weighted by Gasteiger charge is 2.22. The smallest absolute Gasteiger partial charge is 0.287 e. The van der Waals surface area contributed by atoms with Crippen LogP contribution in [0.1, 0.15) is 49.4 Å². The second-order valence-corrected chi connectivity index (χ2v) is 7.86. The Kier molecular flexibility index (Phi) is 6.42. The van der Waals surface area contributed by atoms with Crippen molar-refractivity contribution in [2.45, 2.75) is 33.2 Å². The Labute approximate surface area is 156 Å². The van der Waals surface area contributed by atoms with Gasteiger partial charge >= 0.3 is 0 Å². The molecule has 5 nitrogen and oxygen atoms in total. The summed E-state index contributed by atoms with van der Waals surface area (Å²) in [7, 11) is 0. The van der Waals surface area contributed by atoms with E-state index >= 15 is 0 Å². The van der Waals surface area contributed by atoms with Crippen molar-refractivity contribution in [3.05, 3.63) is 58.5 Å². The Morgan fingerprint density at radius 2 is 1.80 bits per heavy atom. The van der Waals surface area contributed by atoms with Crippen molar-refractivity contribution < 1.29 is 14.0 Å². The van der Waals surface area contributed by atoms with E-state index in [2.05, 4.69) is 47.3 Å². The van der Waals surface area contributed by atoms with Crippen LogP contribution in [0.5, 0.6) is 0 Å². The fourth-order valence-electron chi connectivity index (χ4n) is 2.48. The summed E-state index contributed by atoms with van der Waals surface area (Å²) < 4.78 is 5.64. The molecule has 2 N–H and O–H groups in total. The molecular weight excluding hydrogens is 384 g/mol. The summed E-state index contributed by atoms with van der Waals surface area (Å²) in [5.74, 6) is -0.501. The number of hydrogen-bond donors (Lipinski definition) is 2. The van der Waals surface area contributed by atoms with Crippen molar-refractivity contribution in [1.29, 1.82) is 0 Å². The van der Waals surface area contributed by atoms with Gasteiger partial charge in [-0.2, -0.15) is 0 Å². The van der Waals surface area contributed by atoms with Crippen LogP contribution in [0.2, 0.25) is 0 Å². The monoisotopic (exact) mass is 406 g/mol. The molecule has 1 aromatic heterocycles. The molecule has 0 aliphatic rings. The van der Waals surface area contributed by atoms with Crippen molar-refractivity contribution in [2.24, 2.45) is 5.41 Å². The molecule has 0 bridgehead atoms. The number of nitrogens with one attached hydrogen (secondary N) is 2. The average molecular weight is 407 g/mol. The number of benzene rings is 1. The largest absolute Gasteiger partial charge is 0.444 e. The molecule has 1 heterocycles. The lowest BCUT2D eigenvalue weighted by Gasteiger charge is -2.27. The molecule has 1 atom stereocenters. The highest BCUT2D eigenvalue weighted by Crippen LogP contribution is 2.29. The molecule has 0 saturated carbocycles. The van der Waals surface area contributed by atoms with Gasteiger partial charge in [0.15, 0.2) is 10.4 Å². The minimum Gasteiger partial charge on any atom is -0.444 e. The van der Waals surface area contributed by atoms with Crippen molar-refractivity contribution in [3.63, 3.8) is 0 Å². The predicted octanol–water partition coefficient (Wildman–Crippen LogP) is 4.07. The van der Waals surface area contributed by atoms with Gasteiger partial charge in [0.2, 0.25) is 5.91 Å². The third-order valence-corrected chi connectivity index (χ3v) is 3.99. The van der Waals surface area contributed by atoms with Crippen LogP contribution in [0.4, 0.5) is 0 Å². The number of carbonyl (C=O) groups excluding carboxylic acids is 2. The standard InChI is InChI=1S/C19H23BrN2O3/c1-19(2,3)11-14(13-7-5-4-6-8-13)22-17(23)12-21-18(24)15-9-10-16(20)25-15/h4-10,14H,11-12H2,1-3H3,(H,21,24)(H,22,23). The van der Waals surface area contributed by atoms with E-state index in [0.29, 0.717) is 4.67 Å². The fraction of sp³-hybridized carbons (Fsp3) is 0.368. The van der Waals surface area contributed by atoms with Gasteiger partial charge in [-0.25, -0.2) is 0 Å². The Hall–Kier alpha value is -2.08. The van der Waals surface area contributed by atoms with Gasteiger partial charge < -0.3 is 15.1 Å². The van der Waals surface area contributed by atoms with Gasteiger partial charge in [-0.15, -0.1) is 0 Å². The van der Waals surface area contributed by atoms with Gasteiger partial charge in [-0.3, -0.25) is 9.59 Å². The van der Waals surface area contributed by atoms with Crippen LogP contribution in [-0.2, 0) is 4.79 Å². The lowest BCUT2D eigenvalue weighted by Crippen LogP contribution is -2.39. The number of rotatable bonds is 6. The van der Waals surface area contributed by atoms with E-state index in [1.807, 2.05) is 30.3 Å². The Bertz CT molecular complexity index is 720. The molecule has 2 amide bonds. The van der Waals surface area contributed by atoms with E-state index in [4.69, 9.17) is 4.42 Å². The number of amides is 2. The molecule has 0 aliphatic heterocycles. The maximum atomic E-state index is 12.3. The number of hydrogen-bond acceptors (Lipinski definition) is 3. The summed E-state index contributed by atoms with van der Waals surface area (Å²) in [6.45, 7) is 6.29. The Morgan fingerprint density at radius 1 is 1.12 bits per heavy atom. The molecule has 0 aliphatic carbocycles. The van der Waals surface area contributed by atoms with E-state index in [1.54, 1.807) is 12.1 Å². The van der Waals surface area contributed by atoms with Crippen LogP contribution in [0.25, 0.3) is 0 Å². The second kappa shape index (κ2) is 8.34. The molecule has 1 unspecified atom stereocenters. The molecule has 6 heteroatoms. The topological polar surface area (TPSA) is 71.3 Å². The maximum absolute atomic E-state index is 12.3. The van der Waals surface area contributed by atoms with E-state index < -0.39 is 5.91 Å². The number of halogens is 1. The SMILES string of the molecule is CC(C)(C)CC(NC(=O)CNC(=O)c1ccc(Br)o1)c1ccccc1. The molecule has 2 aromatic rings. The van der Waals surface area contributed by atoms with E-state index in [-0.39, 0.29) is 29.7 Å². The van der Waals surface area contributed by atoms with E-state index in [0.717, 1.165) is 12.0 Å². The van der Waals surface area contributed by atoms with Gasteiger partial charge in [-0.1, -0.05) is 51.1 Å². The van der Waals surface area contributed by atoms with Gasteiger partial charge in [0.1, 0.15) is 0 Å². The lowest BCUT2D eigenvalue weighted by molar-refractivity contribution is -0.121. The summed E-state index contributed by atoms with van der Waals surface area (Å²) in [6, 6.07) is 12.9. The molecule has 1 aromatic carbocycles. The van der Waals surface area contributed by atoms with Crippen LogP contribution in [0.3, 0.4) is 0 Å². The maximum Gasteiger partial charge on any atom is 0.287 e. The van der Waals surface area contributed by atoms with E-state index in [9.17, 15) is 9.59 Å². The number of furan rings is 1. The highest BCUT2D eigenvalue weighted by molar-refractivity contribution is 9.10. The Balaban J connectivity index is 1.96. The summed E-state index contributed by atoms with van der Waals surface area (Å²) >= 11 is 3.14. The van der Waals surface area contributed by atoms with Crippen molar-refractivity contribution >= 4 is 27.7 Å². The zero-order valence-corrected chi connectivity index (χ0v) is 16.2. The first-order chi connectivity index (χ1) is 11.7. The van der Waals surface area contributed by atoms with Crippen LogP contribution >= 0.6 is 15.9 Å². The quantitative estimate of drug-likeness (QED) is 0.759. The normalized spacial score (nSPS) is 12.5. The first kappa shape index (κ1) is 19.2. The van der Waals surface area contributed by atoms with Gasteiger partial charge in [0, 0.05) is 0 Å². The molecule has 134 valence electrons. The first-order valence-corrected chi connectivity index (χ1v) is 8.92. The Morgan fingerprint density at radius 3 is 2.36 bits per heavy atom. The second-order valence-electron chi connectivity index (χ2n) is 7.08. The van der Waals surface area contributed by atoms with Gasteiger partial charge in [0.25, 0.3) is 5.91 Å². The van der Waals surface area contributed by atoms with Crippen molar-refractivity contribution in [2.75, 3.05) is 6.54 Å². The highest BCUT2D eigenvalue weighted by atomic mass is 79.9. The van der Waals surface area contributed by atoms with Crippen molar-refractivity contribution in [3.8, 4) is 0 Å². The first-order valence-electron chi connectivity index (χ1n) is 8.12. The molecule has 0 saturated heterocycles. The summed E-state index contributed by atoms with van der Waals surface area (Å²) in [5.41, 5.74) is 1.10. The molecule has 0 fully saturated rings. The molecular formula is C19H23BrN2O3. The zero-order valence-electron chi connectivity index (χ0n) is 14.6. The van der Waals surface area contributed by atoms with Crippen LogP contribution in [-0.4, -0.2) is 18.4 Å². The average Bonchev–Trinajstić information content (AvgIpc) is 2.98. The molecule has 0 radical (unpaired) electrons. The minimum atomic E-state index is -0.423. The number of carbonyl (C=O) groups is 2. The predicted molar refractivity (Wildman–Crippen MR) is 100 cm³/mol. The fourth-order valence-corrected chi connectivity index (χ4v) is 2.79. The lowest BCUT2D eigenvalue weighted by atomic mass is 9.85. The molecule has 25 heavy (non-hydrogen) atoms. The van der Waals surface area contributed by atoms with Crippen molar-refractivity contribution in [1.82, 2.24) is 10.6 Å².